The zero-order valence-corrected chi connectivity index (χ0v) is 25.1. The normalized spacial score (nSPS) is 13.5. The summed E-state index contributed by atoms with van der Waals surface area (Å²) in [7, 11) is 0. The van der Waals surface area contributed by atoms with Gasteiger partial charge in [0, 0.05) is 11.6 Å². The number of phenols is 2. The molecule has 0 aromatic heterocycles. The van der Waals surface area contributed by atoms with Gasteiger partial charge in [0.2, 0.25) is 5.88 Å². The van der Waals surface area contributed by atoms with E-state index >= 15 is 0 Å². The molecular weight excluding hydrogens is 540 g/mol. The summed E-state index contributed by atoms with van der Waals surface area (Å²) in [6, 6.07) is 29.5. The highest BCUT2D eigenvalue weighted by Gasteiger charge is 2.28. The monoisotopic (exact) mass is 578 g/mol. The third-order valence-electron chi connectivity index (χ3n) is 6.64. The number of benzene rings is 4. The van der Waals surface area contributed by atoms with Crippen LogP contribution in [-0.2, 0) is 0 Å². The van der Waals surface area contributed by atoms with E-state index in [1.807, 2.05) is 78.9 Å². The van der Waals surface area contributed by atoms with Crippen LogP contribution in [0.25, 0.3) is 22.3 Å². The molecule has 0 fully saturated rings. The standard InChI is InChI=1S/C35H38N4O4/c1-34(2,3)23-35(4,5)36-32-22-33(42-30-18-10-26(11-19-30)24-6-14-28(40)15-7-24)38-39(37-32)43-31-20-12-27(13-21-31)25-8-16-29(41)17-9-25/h6-22,38,40-41H,23H2,1-5H3,(H,36,37). The Morgan fingerprint density at radius 1 is 0.674 bits per heavy atom. The van der Waals surface area contributed by atoms with E-state index in [-0.39, 0.29) is 22.5 Å². The van der Waals surface area contributed by atoms with Crippen LogP contribution in [0.3, 0.4) is 0 Å². The second-order valence-corrected chi connectivity index (χ2v) is 12.5. The first-order valence-electron chi connectivity index (χ1n) is 14.2. The first-order chi connectivity index (χ1) is 20.4. The molecule has 0 bridgehead atoms. The molecule has 0 saturated heterocycles. The Bertz CT molecular complexity index is 1590. The molecule has 0 saturated carbocycles. The van der Waals surface area contributed by atoms with Crippen molar-refractivity contribution in [2.75, 3.05) is 0 Å². The number of aromatic hydroxyl groups is 2. The van der Waals surface area contributed by atoms with Gasteiger partial charge in [-0.3, -0.25) is 0 Å². The Hall–Kier alpha value is -5.11. The second-order valence-electron chi connectivity index (χ2n) is 12.5. The van der Waals surface area contributed by atoms with Crippen LogP contribution in [0.4, 0.5) is 0 Å². The molecular formula is C35H38N4O4. The predicted molar refractivity (Wildman–Crippen MR) is 170 cm³/mol. The third kappa shape index (κ3) is 8.23. The van der Waals surface area contributed by atoms with E-state index < -0.39 is 0 Å². The smallest absolute Gasteiger partial charge is 0.219 e. The molecule has 8 heteroatoms. The van der Waals surface area contributed by atoms with E-state index in [1.54, 1.807) is 24.3 Å². The minimum atomic E-state index is -0.251. The molecule has 4 aromatic carbocycles. The van der Waals surface area contributed by atoms with Crippen LogP contribution in [0.15, 0.2) is 114 Å². The Kier molecular flexibility index (Phi) is 8.21. The molecule has 0 unspecified atom stereocenters. The van der Waals surface area contributed by atoms with Crippen LogP contribution in [0.1, 0.15) is 41.0 Å². The number of hydrogen-bond donors (Lipinski definition) is 4. The van der Waals surface area contributed by atoms with Crippen molar-refractivity contribution in [1.82, 2.24) is 16.0 Å². The van der Waals surface area contributed by atoms with E-state index in [4.69, 9.17) is 9.57 Å². The van der Waals surface area contributed by atoms with Crippen molar-refractivity contribution in [3.8, 4) is 45.3 Å². The molecule has 4 aromatic rings. The van der Waals surface area contributed by atoms with Crippen LogP contribution in [0, 0.1) is 5.41 Å². The third-order valence-corrected chi connectivity index (χ3v) is 6.64. The van der Waals surface area contributed by atoms with Gasteiger partial charge in [0.1, 0.15) is 17.2 Å². The largest absolute Gasteiger partial charge is 0.508 e. The Balaban J connectivity index is 1.34. The van der Waals surface area contributed by atoms with Crippen LogP contribution in [-0.4, -0.2) is 26.9 Å². The molecule has 0 amide bonds. The van der Waals surface area contributed by atoms with E-state index in [9.17, 15) is 10.2 Å². The first-order valence-corrected chi connectivity index (χ1v) is 14.2. The summed E-state index contributed by atoms with van der Waals surface area (Å²) in [4.78, 5) is 6.08. The number of rotatable bonds is 8. The molecule has 5 rings (SSSR count). The minimum absolute atomic E-state index is 0.113. The van der Waals surface area contributed by atoms with Gasteiger partial charge in [0.15, 0.2) is 11.6 Å². The van der Waals surface area contributed by atoms with Crippen LogP contribution >= 0.6 is 0 Å². The van der Waals surface area contributed by atoms with Gasteiger partial charge >= 0.3 is 0 Å². The van der Waals surface area contributed by atoms with E-state index in [2.05, 4.69) is 50.5 Å². The lowest BCUT2D eigenvalue weighted by molar-refractivity contribution is -0.106. The van der Waals surface area contributed by atoms with E-state index in [1.165, 1.54) is 5.28 Å². The molecule has 0 atom stereocenters. The first kappa shape index (κ1) is 29.4. The van der Waals surface area contributed by atoms with Gasteiger partial charge in [0.05, 0.1) is 0 Å². The molecule has 0 spiro atoms. The van der Waals surface area contributed by atoms with Crippen molar-refractivity contribution in [2.45, 2.75) is 46.6 Å². The number of hydrazine groups is 1. The molecule has 0 radical (unpaired) electrons. The number of phenolic OH excluding ortho intramolecular Hbond substituents is 2. The Labute approximate surface area is 252 Å². The molecule has 1 aliphatic heterocycles. The van der Waals surface area contributed by atoms with Crippen molar-refractivity contribution < 1.29 is 19.8 Å². The fourth-order valence-corrected chi connectivity index (χ4v) is 5.23. The zero-order valence-electron chi connectivity index (χ0n) is 25.1. The van der Waals surface area contributed by atoms with Crippen molar-refractivity contribution in [3.63, 3.8) is 0 Å². The van der Waals surface area contributed by atoms with Gasteiger partial charge in [-0.15, -0.1) is 5.10 Å². The maximum Gasteiger partial charge on any atom is 0.219 e. The molecule has 8 nitrogen and oxygen atoms in total. The summed E-state index contributed by atoms with van der Waals surface area (Å²) >= 11 is 0. The quantitative estimate of drug-likeness (QED) is 0.171. The van der Waals surface area contributed by atoms with Crippen molar-refractivity contribution in [3.05, 3.63) is 109 Å². The number of amidine groups is 1. The molecule has 0 aliphatic carbocycles. The van der Waals surface area contributed by atoms with Gasteiger partial charge in [-0.05, 0) is 102 Å². The van der Waals surface area contributed by atoms with Gasteiger partial charge in [-0.1, -0.05) is 69.3 Å². The maximum absolute atomic E-state index is 9.59. The summed E-state index contributed by atoms with van der Waals surface area (Å²) in [5.74, 6) is 2.69. The van der Waals surface area contributed by atoms with Crippen LogP contribution in [0.5, 0.6) is 23.0 Å². The summed E-state index contributed by atoms with van der Waals surface area (Å²) in [5, 5.41) is 28.6. The van der Waals surface area contributed by atoms with Gasteiger partial charge in [-0.25, -0.2) is 5.43 Å². The number of nitrogens with zero attached hydrogens (tertiary/aromatic N) is 2. The average Bonchev–Trinajstić information content (AvgIpc) is 2.93. The minimum Gasteiger partial charge on any atom is -0.508 e. The van der Waals surface area contributed by atoms with Crippen molar-refractivity contribution in [2.24, 2.45) is 10.5 Å². The lowest BCUT2D eigenvalue weighted by atomic mass is 9.82. The number of nitrogens with one attached hydrogen (secondary N) is 2. The summed E-state index contributed by atoms with van der Waals surface area (Å²) in [5.41, 5.74) is 6.93. The molecule has 43 heavy (non-hydrogen) atoms. The van der Waals surface area contributed by atoms with Crippen LogP contribution < -0.4 is 20.3 Å². The summed E-state index contributed by atoms with van der Waals surface area (Å²) in [6.45, 7) is 10.9. The topological polar surface area (TPSA) is 98.6 Å². The lowest BCUT2D eigenvalue weighted by Crippen LogP contribution is -2.50. The van der Waals surface area contributed by atoms with Gasteiger partial charge < -0.3 is 25.1 Å². The molecule has 1 heterocycles. The highest BCUT2D eigenvalue weighted by Crippen LogP contribution is 2.29. The predicted octanol–water partition coefficient (Wildman–Crippen LogP) is 7.58. The average molecular weight is 579 g/mol. The SMILES string of the molecule is CC(C)(C)CC(C)(C)NC1=NN(Oc2ccc(-c3ccc(O)cc3)cc2)NC(Oc2ccc(-c3ccc(O)cc3)cc2)=C1. The lowest BCUT2D eigenvalue weighted by Gasteiger charge is -2.35. The highest BCUT2D eigenvalue weighted by atomic mass is 16.7. The Morgan fingerprint density at radius 3 is 1.58 bits per heavy atom. The van der Waals surface area contributed by atoms with E-state index in [0.29, 0.717) is 23.2 Å². The number of ether oxygens (including phenoxy) is 1. The summed E-state index contributed by atoms with van der Waals surface area (Å²) in [6.07, 6.45) is 2.72. The molecule has 4 N–H and O–H groups in total. The van der Waals surface area contributed by atoms with E-state index in [0.717, 1.165) is 28.7 Å². The van der Waals surface area contributed by atoms with Gasteiger partial charge in [0.25, 0.3) is 0 Å². The highest BCUT2D eigenvalue weighted by molar-refractivity contribution is 5.94. The zero-order chi connectivity index (χ0) is 30.6. The number of hydrazone groups is 1. The van der Waals surface area contributed by atoms with Gasteiger partial charge in [-0.2, -0.15) is 0 Å². The molecule has 1 aliphatic rings. The Morgan fingerprint density at radius 2 is 1.12 bits per heavy atom. The van der Waals surface area contributed by atoms with Crippen molar-refractivity contribution in [1.29, 1.82) is 0 Å². The molecule has 222 valence electrons. The summed E-state index contributed by atoms with van der Waals surface area (Å²) < 4.78 is 6.21. The maximum atomic E-state index is 9.59. The van der Waals surface area contributed by atoms with Crippen molar-refractivity contribution >= 4 is 5.84 Å². The fraction of sp³-hybridized carbons (Fsp3) is 0.229. The van der Waals surface area contributed by atoms with Crippen LogP contribution in [0.2, 0.25) is 0 Å². The number of hydrogen-bond acceptors (Lipinski definition) is 8. The second kappa shape index (κ2) is 12.0. The fourth-order valence-electron chi connectivity index (χ4n) is 5.23.